The summed E-state index contributed by atoms with van der Waals surface area (Å²) in [5, 5.41) is 15.5. The summed E-state index contributed by atoms with van der Waals surface area (Å²) in [6.45, 7) is 9.16. The van der Waals surface area contributed by atoms with Crippen LogP contribution in [0, 0.1) is 27.7 Å². The van der Waals surface area contributed by atoms with Crippen LogP contribution in [-0.4, -0.2) is 37.4 Å². The third-order valence-corrected chi connectivity index (χ3v) is 4.57. The van der Waals surface area contributed by atoms with Gasteiger partial charge in [-0.25, -0.2) is 4.98 Å². The van der Waals surface area contributed by atoms with Crippen molar-refractivity contribution < 1.29 is 4.79 Å². The molecule has 1 aromatic carbocycles. The van der Waals surface area contributed by atoms with Crippen molar-refractivity contribution in [3.05, 3.63) is 58.8 Å². The van der Waals surface area contributed by atoms with Crippen LogP contribution >= 0.6 is 0 Å². The second-order valence-electron chi connectivity index (χ2n) is 6.62. The molecule has 3 rings (SSSR count). The van der Waals surface area contributed by atoms with Crippen LogP contribution in [-0.2, 0) is 6.54 Å². The Bertz CT molecular complexity index is 946. The Morgan fingerprint density at radius 1 is 1.11 bits per heavy atom. The van der Waals surface area contributed by atoms with E-state index >= 15 is 0 Å². The molecular formula is C20H24N6O. The Labute approximate surface area is 158 Å². The Balaban J connectivity index is 1.56. The summed E-state index contributed by atoms with van der Waals surface area (Å²) in [5.41, 5.74) is 4.63. The molecule has 7 heteroatoms. The Morgan fingerprint density at radius 2 is 1.85 bits per heavy atom. The third kappa shape index (κ3) is 4.36. The van der Waals surface area contributed by atoms with Gasteiger partial charge in [-0.3, -0.25) is 9.48 Å². The molecule has 0 atom stereocenters. The van der Waals surface area contributed by atoms with E-state index in [4.69, 9.17) is 0 Å². The molecule has 0 aliphatic carbocycles. The van der Waals surface area contributed by atoms with Gasteiger partial charge < -0.3 is 5.32 Å². The SMILES string of the molecule is Cc1nc(C)n(CCCNC(=O)c2ccc(-c3nncc(C)c3C)cc2)n1. The summed E-state index contributed by atoms with van der Waals surface area (Å²) in [6, 6.07) is 7.46. The Hall–Kier alpha value is -3.09. The van der Waals surface area contributed by atoms with Crippen LogP contribution in [0.15, 0.2) is 30.5 Å². The standard InChI is InChI=1S/C20H24N6O/c1-13-12-22-24-19(14(13)2)17-6-8-18(9-7-17)20(27)21-10-5-11-26-16(4)23-15(3)25-26/h6-9,12H,5,10-11H2,1-4H3,(H,21,27). The quantitative estimate of drug-likeness (QED) is 0.680. The molecule has 0 aliphatic heterocycles. The zero-order valence-electron chi connectivity index (χ0n) is 16.2. The van der Waals surface area contributed by atoms with Crippen molar-refractivity contribution in [1.29, 1.82) is 0 Å². The lowest BCUT2D eigenvalue weighted by atomic mass is 10.0. The van der Waals surface area contributed by atoms with E-state index in [2.05, 4.69) is 25.6 Å². The van der Waals surface area contributed by atoms with Crippen LogP contribution in [0.5, 0.6) is 0 Å². The molecule has 2 aromatic heterocycles. The van der Waals surface area contributed by atoms with Gasteiger partial charge >= 0.3 is 0 Å². The Kier molecular flexibility index (Phi) is 5.59. The van der Waals surface area contributed by atoms with Gasteiger partial charge in [0.1, 0.15) is 11.6 Å². The number of carbonyl (C=O) groups excluding carboxylic acids is 1. The molecule has 1 N–H and O–H groups in total. The first-order valence-corrected chi connectivity index (χ1v) is 9.01. The van der Waals surface area contributed by atoms with E-state index < -0.39 is 0 Å². The number of nitrogens with zero attached hydrogens (tertiary/aromatic N) is 5. The molecule has 2 heterocycles. The van der Waals surface area contributed by atoms with Crippen molar-refractivity contribution in [2.24, 2.45) is 0 Å². The number of rotatable bonds is 6. The summed E-state index contributed by atoms with van der Waals surface area (Å²) >= 11 is 0. The van der Waals surface area contributed by atoms with Crippen LogP contribution in [0.3, 0.4) is 0 Å². The molecule has 7 nitrogen and oxygen atoms in total. The lowest BCUT2D eigenvalue weighted by Gasteiger charge is -2.08. The van der Waals surface area contributed by atoms with Crippen molar-refractivity contribution >= 4 is 5.91 Å². The highest BCUT2D eigenvalue weighted by Gasteiger charge is 2.09. The number of carbonyl (C=O) groups is 1. The number of nitrogens with one attached hydrogen (secondary N) is 1. The summed E-state index contributed by atoms with van der Waals surface area (Å²) in [6.07, 6.45) is 2.55. The molecule has 27 heavy (non-hydrogen) atoms. The molecule has 0 saturated carbocycles. The average Bonchev–Trinajstić information content (AvgIpc) is 2.98. The van der Waals surface area contributed by atoms with Crippen LogP contribution in [0.4, 0.5) is 0 Å². The number of hydrogen-bond donors (Lipinski definition) is 1. The summed E-state index contributed by atoms with van der Waals surface area (Å²) in [4.78, 5) is 16.6. The zero-order chi connectivity index (χ0) is 19.4. The van der Waals surface area contributed by atoms with Crippen molar-refractivity contribution in [1.82, 2.24) is 30.3 Å². The van der Waals surface area contributed by atoms with Gasteiger partial charge in [0, 0.05) is 24.2 Å². The largest absolute Gasteiger partial charge is 0.352 e. The van der Waals surface area contributed by atoms with Crippen molar-refractivity contribution in [2.45, 2.75) is 40.7 Å². The zero-order valence-corrected chi connectivity index (χ0v) is 16.2. The molecule has 0 unspecified atom stereocenters. The van der Waals surface area contributed by atoms with Gasteiger partial charge in [-0.05, 0) is 57.4 Å². The highest BCUT2D eigenvalue weighted by Crippen LogP contribution is 2.22. The van der Waals surface area contributed by atoms with Gasteiger partial charge in [-0.15, -0.1) is 0 Å². The minimum absolute atomic E-state index is 0.0832. The maximum Gasteiger partial charge on any atom is 0.251 e. The maximum absolute atomic E-state index is 12.3. The molecule has 3 aromatic rings. The molecule has 0 saturated heterocycles. The fourth-order valence-corrected chi connectivity index (χ4v) is 2.89. The summed E-state index contributed by atoms with van der Waals surface area (Å²) in [7, 11) is 0. The highest BCUT2D eigenvalue weighted by molar-refractivity contribution is 5.94. The first-order valence-electron chi connectivity index (χ1n) is 9.01. The fourth-order valence-electron chi connectivity index (χ4n) is 2.89. The van der Waals surface area contributed by atoms with Crippen molar-refractivity contribution in [3.8, 4) is 11.3 Å². The lowest BCUT2D eigenvalue weighted by Crippen LogP contribution is -2.25. The van der Waals surface area contributed by atoms with Gasteiger partial charge in [-0.2, -0.15) is 15.3 Å². The summed E-state index contributed by atoms with van der Waals surface area (Å²) < 4.78 is 1.86. The maximum atomic E-state index is 12.3. The first kappa shape index (κ1) is 18.7. The van der Waals surface area contributed by atoms with Crippen LogP contribution in [0.25, 0.3) is 11.3 Å². The number of benzene rings is 1. The van der Waals surface area contributed by atoms with E-state index in [9.17, 15) is 4.79 Å². The Morgan fingerprint density at radius 3 is 2.52 bits per heavy atom. The molecule has 0 spiro atoms. The predicted octanol–water partition coefficient (Wildman–Crippen LogP) is 2.79. The fraction of sp³-hybridized carbons (Fsp3) is 0.350. The monoisotopic (exact) mass is 364 g/mol. The summed E-state index contributed by atoms with van der Waals surface area (Å²) in [5.74, 6) is 1.58. The lowest BCUT2D eigenvalue weighted by molar-refractivity contribution is 0.0952. The number of hydrogen-bond acceptors (Lipinski definition) is 5. The predicted molar refractivity (Wildman–Crippen MR) is 103 cm³/mol. The average molecular weight is 364 g/mol. The first-order chi connectivity index (χ1) is 13.0. The van der Waals surface area contributed by atoms with Gasteiger partial charge in [0.2, 0.25) is 0 Å². The van der Waals surface area contributed by atoms with Crippen LogP contribution in [0.2, 0.25) is 0 Å². The molecule has 0 aliphatic rings. The highest BCUT2D eigenvalue weighted by atomic mass is 16.1. The van der Waals surface area contributed by atoms with Crippen LogP contribution in [0.1, 0.15) is 39.6 Å². The number of aryl methyl sites for hydroxylation is 4. The minimum atomic E-state index is -0.0832. The van der Waals surface area contributed by atoms with Gasteiger partial charge in [0.25, 0.3) is 5.91 Å². The van der Waals surface area contributed by atoms with E-state index in [1.807, 2.05) is 56.6 Å². The van der Waals surface area contributed by atoms with Crippen molar-refractivity contribution in [3.63, 3.8) is 0 Å². The smallest absolute Gasteiger partial charge is 0.251 e. The van der Waals surface area contributed by atoms with Crippen molar-refractivity contribution in [2.75, 3.05) is 6.54 Å². The number of amides is 1. The number of aromatic nitrogens is 5. The molecule has 140 valence electrons. The molecule has 0 radical (unpaired) electrons. The van der Waals surface area contributed by atoms with Gasteiger partial charge in [-0.1, -0.05) is 12.1 Å². The van der Waals surface area contributed by atoms with E-state index in [-0.39, 0.29) is 5.91 Å². The van der Waals surface area contributed by atoms with E-state index in [0.717, 1.165) is 47.0 Å². The molecule has 0 bridgehead atoms. The second kappa shape index (κ2) is 8.07. The third-order valence-electron chi connectivity index (χ3n) is 4.57. The minimum Gasteiger partial charge on any atom is -0.352 e. The van der Waals surface area contributed by atoms with Crippen LogP contribution < -0.4 is 5.32 Å². The molecule has 0 fully saturated rings. The van der Waals surface area contributed by atoms with E-state index in [1.165, 1.54) is 0 Å². The van der Waals surface area contributed by atoms with Gasteiger partial charge in [0.05, 0.1) is 11.9 Å². The molecular weight excluding hydrogens is 340 g/mol. The van der Waals surface area contributed by atoms with Gasteiger partial charge in [0.15, 0.2) is 0 Å². The normalized spacial score (nSPS) is 10.8. The van der Waals surface area contributed by atoms with E-state index in [0.29, 0.717) is 12.1 Å². The molecule has 1 amide bonds. The van der Waals surface area contributed by atoms with E-state index in [1.54, 1.807) is 6.20 Å². The second-order valence-corrected chi connectivity index (χ2v) is 6.62. The topological polar surface area (TPSA) is 85.6 Å².